The summed E-state index contributed by atoms with van der Waals surface area (Å²) in [6.45, 7) is 1.78. The zero-order valence-corrected chi connectivity index (χ0v) is 10.2. The molecule has 0 fully saturated rings. The van der Waals surface area contributed by atoms with Crippen LogP contribution in [0.5, 0.6) is 0 Å². The summed E-state index contributed by atoms with van der Waals surface area (Å²) in [7, 11) is 1.98. The fraction of sp³-hybridized carbons (Fsp3) is 0.167. The number of H-pyrrole nitrogens is 1. The first kappa shape index (κ1) is 11.0. The molecule has 2 aromatic heterocycles. The third kappa shape index (κ3) is 1.54. The van der Waals surface area contributed by atoms with Gasteiger partial charge in [-0.15, -0.1) is 0 Å². The van der Waals surface area contributed by atoms with E-state index in [9.17, 15) is 4.79 Å². The van der Waals surface area contributed by atoms with Gasteiger partial charge in [0.1, 0.15) is 24.8 Å². The van der Waals surface area contributed by atoms with Gasteiger partial charge in [-0.25, -0.2) is 4.98 Å². The first-order valence-corrected chi connectivity index (χ1v) is 5.75. The summed E-state index contributed by atoms with van der Waals surface area (Å²) >= 11 is 0. The zero-order chi connectivity index (χ0) is 12.9. The number of aromatic nitrogens is 2. The summed E-state index contributed by atoms with van der Waals surface area (Å²) < 4.78 is 5.53. The molecule has 0 radical (unpaired) electrons. The lowest BCUT2D eigenvalue weighted by Crippen LogP contribution is -2.17. The smallest absolute Gasteiger partial charge is 0.294 e. The minimum atomic E-state index is -0.322. The molecule has 0 aliphatic carbocycles. The molecule has 0 amide bonds. The van der Waals surface area contributed by atoms with Gasteiger partial charge >= 0.3 is 0 Å². The monoisotopic (exact) mass is 241 g/mol. The molecule has 90 valence electrons. The minimum Gasteiger partial charge on any atom is -0.449 e. The van der Waals surface area contributed by atoms with Crippen LogP contribution in [0.2, 0.25) is 0 Å². The summed E-state index contributed by atoms with van der Waals surface area (Å²) in [4.78, 5) is 18.9. The average Bonchev–Trinajstić information content (AvgIpc) is 2.68. The van der Waals surface area contributed by atoms with Gasteiger partial charge in [0.25, 0.3) is 5.56 Å². The Morgan fingerprint density at radius 3 is 3.00 bits per heavy atom. The number of aromatic amines is 1. The van der Waals surface area contributed by atoms with E-state index in [0.29, 0.717) is 16.9 Å². The highest BCUT2D eigenvalue weighted by atomic mass is 16.3. The molecule has 0 aliphatic heterocycles. The number of nitrogens with one attached hydrogen (secondary N) is 1. The van der Waals surface area contributed by atoms with Crippen molar-refractivity contribution < 1.29 is 4.42 Å². The fourth-order valence-corrected chi connectivity index (χ4v) is 2.00. The highest BCUT2D eigenvalue weighted by Gasteiger charge is 2.14. The van der Waals surface area contributed by atoms with Crippen molar-refractivity contribution in [2.24, 2.45) is 5.73 Å². The summed E-state index contributed by atoms with van der Waals surface area (Å²) in [5, 5.41) is 0.845. The number of nitrogens with zero attached hydrogens (tertiary/aromatic N) is 1. The van der Waals surface area contributed by atoms with Crippen LogP contribution in [0, 0.1) is 0 Å². The summed E-state index contributed by atoms with van der Waals surface area (Å²) in [6, 6.07) is 5.42. The van der Waals surface area contributed by atoms with Crippen molar-refractivity contribution in [1.29, 1.82) is 0 Å². The van der Waals surface area contributed by atoms with Crippen LogP contribution < -0.4 is 16.8 Å². The number of hydrogen-bond acceptors (Lipinski definition) is 4. The first-order chi connectivity index (χ1) is 8.56. The maximum absolute atomic E-state index is 11.9. The van der Waals surface area contributed by atoms with Gasteiger partial charge in [0.05, 0.1) is 6.04 Å². The zero-order valence-electron chi connectivity index (χ0n) is 10.2. The first-order valence-electron chi connectivity index (χ1n) is 5.75. The normalized spacial score (nSPS) is 13.2. The lowest BCUT2D eigenvalue weighted by atomic mass is 9.95. The fourth-order valence-electron chi connectivity index (χ4n) is 2.00. The molecule has 3 N–H and O–H groups in total. The van der Waals surface area contributed by atoms with Crippen molar-refractivity contribution in [2.75, 3.05) is 0 Å². The second kappa shape index (κ2) is 3.71. The highest BCUT2D eigenvalue weighted by molar-refractivity contribution is 6.33. The third-order valence-electron chi connectivity index (χ3n) is 2.93. The number of hydrogen-bond donors (Lipinski definition) is 2. The van der Waals surface area contributed by atoms with Crippen LogP contribution >= 0.6 is 0 Å². The van der Waals surface area contributed by atoms with E-state index < -0.39 is 0 Å². The lowest BCUT2D eigenvalue weighted by molar-refractivity contribution is 0.655. The van der Waals surface area contributed by atoms with Gasteiger partial charge in [-0.3, -0.25) is 4.79 Å². The SMILES string of the molecule is Bc1ccc2oc3c(=O)[nH]c([C@@H](C)N)nc3c2c1. The third-order valence-corrected chi connectivity index (χ3v) is 2.93. The van der Waals surface area contributed by atoms with E-state index in [0.717, 1.165) is 10.8 Å². The molecular weight excluding hydrogens is 229 g/mol. The maximum atomic E-state index is 11.9. The van der Waals surface area contributed by atoms with E-state index in [1.54, 1.807) is 6.92 Å². The summed E-state index contributed by atoms with van der Waals surface area (Å²) in [5.41, 5.74) is 8.04. The molecule has 0 saturated heterocycles. The molecule has 0 aliphatic rings. The standard InChI is InChI=1S/C12H12BN3O2/c1-5(14)11-15-9-7-4-6(13)2-3-8(7)18-10(9)12(17)16-11/h2-5H,13-14H2,1H3,(H,15,16,17)/t5-/m1/s1. The largest absolute Gasteiger partial charge is 0.449 e. The number of benzene rings is 1. The van der Waals surface area contributed by atoms with E-state index in [4.69, 9.17) is 10.2 Å². The van der Waals surface area contributed by atoms with E-state index in [2.05, 4.69) is 9.97 Å². The van der Waals surface area contributed by atoms with Gasteiger partial charge in [0.2, 0.25) is 5.58 Å². The number of rotatable bonds is 1. The van der Waals surface area contributed by atoms with Crippen LogP contribution in [0.25, 0.3) is 22.1 Å². The molecule has 1 atom stereocenters. The van der Waals surface area contributed by atoms with Crippen LogP contribution in [-0.4, -0.2) is 17.8 Å². The van der Waals surface area contributed by atoms with Gasteiger partial charge in [0.15, 0.2) is 0 Å². The molecule has 5 nitrogen and oxygen atoms in total. The van der Waals surface area contributed by atoms with E-state index in [-0.39, 0.29) is 17.2 Å². The molecule has 0 bridgehead atoms. The van der Waals surface area contributed by atoms with Crippen molar-refractivity contribution in [1.82, 2.24) is 9.97 Å². The molecule has 2 heterocycles. The molecule has 0 unspecified atom stereocenters. The minimum absolute atomic E-state index is 0.250. The second-order valence-electron chi connectivity index (χ2n) is 4.52. The number of furan rings is 1. The maximum Gasteiger partial charge on any atom is 0.294 e. The molecule has 3 aromatic rings. The molecule has 6 heteroatoms. The van der Waals surface area contributed by atoms with Crippen LogP contribution in [-0.2, 0) is 0 Å². The Hall–Kier alpha value is -2.08. The Bertz CT molecular complexity index is 804. The van der Waals surface area contributed by atoms with Gasteiger partial charge in [0, 0.05) is 5.39 Å². The van der Waals surface area contributed by atoms with Gasteiger partial charge < -0.3 is 15.1 Å². The topological polar surface area (TPSA) is 84.9 Å². The average molecular weight is 241 g/mol. The Balaban J connectivity index is 2.49. The molecule has 1 aromatic carbocycles. The second-order valence-corrected chi connectivity index (χ2v) is 4.52. The number of nitrogens with two attached hydrogens (primary N) is 1. The molecular formula is C12H12BN3O2. The Kier molecular flexibility index (Phi) is 2.28. The molecule has 0 spiro atoms. The Morgan fingerprint density at radius 1 is 1.50 bits per heavy atom. The van der Waals surface area contributed by atoms with Crippen molar-refractivity contribution in [3.05, 3.63) is 34.4 Å². The predicted molar refractivity (Wildman–Crippen MR) is 72.9 cm³/mol. The van der Waals surface area contributed by atoms with Crippen LogP contribution in [0.3, 0.4) is 0 Å². The van der Waals surface area contributed by atoms with E-state index in [1.165, 1.54) is 0 Å². The molecule has 3 rings (SSSR count). The van der Waals surface area contributed by atoms with Crippen LogP contribution in [0.4, 0.5) is 0 Å². The van der Waals surface area contributed by atoms with Crippen LogP contribution in [0.1, 0.15) is 18.8 Å². The van der Waals surface area contributed by atoms with Gasteiger partial charge in [-0.2, -0.15) is 0 Å². The van der Waals surface area contributed by atoms with Gasteiger partial charge in [-0.05, 0) is 13.0 Å². The molecule has 18 heavy (non-hydrogen) atoms. The van der Waals surface area contributed by atoms with Crippen molar-refractivity contribution >= 4 is 35.4 Å². The highest BCUT2D eigenvalue weighted by Crippen LogP contribution is 2.24. The predicted octanol–water partition coefficient (Wildman–Crippen LogP) is -0.0526. The van der Waals surface area contributed by atoms with Crippen molar-refractivity contribution in [2.45, 2.75) is 13.0 Å². The van der Waals surface area contributed by atoms with E-state index in [1.807, 2.05) is 26.0 Å². The lowest BCUT2D eigenvalue weighted by Gasteiger charge is -2.02. The Morgan fingerprint density at radius 2 is 2.28 bits per heavy atom. The van der Waals surface area contributed by atoms with Crippen molar-refractivity contribution in [3.63, 3.8) is 0 Å². The van der Waals surface area contributed by atoms with E-state index >= 15 is 0 Å². The summed E-state index contributed by atoms with van der Waals surface area (Å²) in [5.74, 6) is 0.469. The van der Waals surface area contributed by atoms with Crippen LogP contribution in [0.15, 0.2) is 27.4 Å². The van der Waals surface area contributed by atoms with Gasteiger partial charge in [-0.1, -0.05) is 17.6 Å². The Labute approximate surface area is 103 Å². The molecule has 0 saturated carbocycles. The number of fused-ring (bicyclic) bond motifs is 3. The quantitative estimate of drug-likeness (QED) is 0.585. The van der Waals surface area contributed by atoms with Crippen molar-refractivity contribution in [3.8, 4) is 0 Å². The summed E-state index contributed by atoms with van der Waals surface area (Å²) in [6.07, 6.45) is 0.